The average molecular weight is 418 g/mol. The Morgan fingerprint density at radius 3 is 2.28 bits per heavy atom. The second kappa shape index (κ2) is 6.99. The van der Waals surface area contributed by atoms with Gasteiger partial charge in [0.1, 0.15) is 5.58 Å². The number of nitrogens with one attached hydrogen (secondary N) is 1. The van der Waals surface area contributed by atoms with Gasteiger partial charge in [-0.05, 0) is 52.2 Å². The molecule has 0 fully saturated rings. The number of para-hydroxylation sites is 1. The summed E-state index contributed by atoms with van der Waals surface area (Å²) in [5, 5.41) is 6.78. The lowest BCUT2D eigenvalue weighted by Crippen LogP contribution is -2.23. The number of anilines is 3. The second-order valence-corrected chi connectivity index (χ2v) is 8.47. The highest BCUT2D eigenvalue weighted by Gasteiger charge is 2.33. The van der Waals surface area contributed by atoms with E-state index >= 15 is 0 Å². The van der Waals surface area contributed by atoms with Gasteiger partial charge in [0.15, 0.2) is 0 Å². The SMILES string of the molecule is CN(C)c1ccc([C@H]2c3c(c4ccccc4oc3=O)Nc3ccc4ccccc4c32)cc1. The Kier molecular flexibility index (Phi) is 4.08. The van der Waals surface area contributed by atoms with Crippen LogP contribution in [0.2, 0.25) is 0 Å². The van der Waals surface area contributed by atoms with E-state index in [1.807, 2.05) is 50.5 Å². The maximum atomic E-state index is 13.4. The summed E-state index contributed by atoms with van der Waals surface area (Å²) in [7, 11) is 4.05. The van der Waals surface area contributed by atoms with E-state index < -0.39 is 0 Å². The lowest BCUT2D eigenvalue weighted by Gasteiger charge is -2.31. The average Bonchev–Trinajstić information content (AvgIpc) is 2.83. The largest absolute Gasteiger partial charge is 0.422 e. The fourth-order valence-corrected chi connectivity index (χ4v) is 4.85. The number of hydrogen-bond acceptors (Lipinski definition) is 4. The van der Waals surface area contributed by atoms with Gasteiger partial charge in [-0.2, -0.15) is 0 Å². The predicted molar refractivity (Wildman–Crippen MR) is 131 cm³/mol. The molecule has 4 aromatic carbocycles. The van der Waals surface area contributed by atoms with E-state index in [1.165, 1.54) is 0 Å². The molecule has 0 bridgehead atoms. The van der Waals surface area contributed by atoms with Crippen molar-refractivity contribution in [2.45, 2.75) is 5.92 Å². The van der Waals surface area contributed by atoms with Gasteiger partial charge < -0.3 is 14.6 Å². The fourth-order valence-electron chi connectivity index (χ4n) is 4.85. The van der Waals surface area contributed by atoms with Gasteiger partial charge in [-0.3, -0.25) is 0 Å². The van der Waals surface area contributed by atoms with Crippen molar-refractivity contribution >= 4 is 38.8 Å². The Morgan fingerprint density at radius 1 is 0.781 bits per heavy atom. The Bertz CT molecular complexity index is 1550. The van der Waals surface area contributed by atoms with Gasteiger partial charge in [0, 0.05) is 36.8 Å². The van der Waals surface area contributed by atoms with E-state index in [9.17, 15) is 4.79 Å². The van der Waals surface area contributed by atoms with Crippen LogP contribution in [0.1, 0.15) is 22.6 Å². The van der Waals surface area contributed by atoms with E-state index in [4.69, 9.17) is 4.42 Å². The molecule has 0 saturated carbocycles. The van der Waals surface area contributed by atoms with Crippen LogP contribution < -0.4 is 15.8 Å². The topological polar surface area (TPSA) is 45.5 Å². The standard InChI is InChI=1S/C28H22N2O2/c1-30(2)19-14-11-18(12-15-19)24-25-20-8-4-3-7-17(20)13-16-22(25)29-27-21-9-5-6-10-23(21)32-28(31)26(24)27/h3-16,24,29H,1-2H3/t24-/m1/s1. The Balaban J connectivity index is 1.71. The summed E-state index contributed by atoms with van der Waals surface area (Å²) in [5.41, 5.74) is 6.10. The first-order valence-electron chi connectivity index (χ1n) is 10.7. The van der Waals surface area contributed by atoms with E-state index in [2.05, 4.69) is 58.7 Å². The summed E-state index contributed by atoms with van der Waals surface area (Å²) in [6.45, 7) is 0. The molecule has 0 radical (unpaired) electrons. The minimum atomic E-state index is -0.300. The zero-order chi connectivity index (χ0) is 21.8. The molecule has 156 valence electrons. The van der Waals surface area contributed by atoms with Crippen molar-refractivity contribution in [2.24, 2.45) is 0 Å². The van der Waals surface area contributed by atoms with Gasteiger partial charge in [0.2, 0.25) is 0 Å². The minimum absolute atomic E-state index is 0.232. The van der Waals surface area contributed by atoms with Crippen LogP contribution in [-0.4, -0.2) is 14.1 Å². The van der Waals surface area contributed by atoms with Crippen LogP contribution in [0.3, 0.4) is 0 Å². The molecule has 0 amide bonds. The molecule has 1 aliphatic heterocycles. The van der Waals surface area contributed by atoms with E-state index in [-0.39, 0.29) is 11.5 Å². The van der Waals surface area contributed by atoms with Crippen molar-refractivity contribution in [3.63, 3.8) is 0 Å². The molecule has 0 aliphatic carbocycles. The Hall–Kier alpha value is -4.05. The summed E-state index contributed by atoms with van der Waals surface area (Å²) in [6, 6.07) is 28.7. The molecule has 1 aromatic heterocycles. The van der Waals surface area contributed by atoms with Crippen LogP contribution in [0, 0.1) is 0 Å². The zero-order valence-electron chi connectivity index (χ0n) is 17.9. The molecule has 4 nitrogen and oxygen atoms in total. The van der Waals surface area contributed by atoms with E-state index in [0.29, 0.717) is 11.1 Å². The first-order chi connectivity index (χ1) is 15.6. The Labute approximate surface area is 185 Å². The molecule has 2 heterocycles. The monoisotopic (exact) mass is 418 g/mol. The number of benzene rings is 4. The first-order valence-corrected chi connectivity index (χ1v) is 10.7. The summed E-state index contributed by atoms with van der Waals surface area (Å²) >= 11 is 0. The Morgan fingerprint density at radius 2 is 1.50 bits per heavy atom. The molecule has 1 aliphatic rings. The summed E-state index contributed by atoms with van der Waals surface area (Å²) in [4.78, 5) is 15.4. The molecule has 4 heteroatoms. The molecule has 0 saturated heterocycles. The highest BCUT2D eigenvalue weighted by atomic mass is 16.4. The van der Waals surface area contributed by atoms with Crippen molar-refractivity contribution in [1.29, 1.82) is 0 Å². The van der Waals surface area contributed by atoms with E-state index in [1.54, 1.807) is 0 Å². The smallest absolute Gasteiger partial charge is 0.342 e. The molecule has 5 aromatic rings. The maximum absolute atomic E-state index is 13.4. The third kappa shape index (κ3) is 2.73. The predicted octanol–water partition coefficient (Wildman–Crippen LogP) is 6.25. The van der Waals surface area contributed by atoms with Gasteiger partial charge in [0.25, 0.3) is 0 Å². The normalized spacial score (nSPS) is 14.6. The number of fused-ring (bicyclic) bond motifs is 6. The number of rotatable bonds is 2. The number of hydrogen-bond donors (Lipinski definition) is 1. The van der Waals surface area contributed by atoms with E-state index in [0.717, 1.165) is 44.3 Å². The van der Waals surface area contributed by atoms with Crippen LogP contribution in [0.4, 0.5) is 17.1 Å². The van der Waals surface area contributed by atoms with Gasteiger partial charge in [-0.25, -0.2) is 4.79 Å². The van der Waals surface area contributed by atoms with Gasteiger partial charge in [0.05, 0.1) is 11.3 Å². The molecule has 1 N–H and O–H groups in total. The van der Waals surface area contributed by atoms with Gasteiger partial charge in [-0.1, -0.05) is 54.6 Å². The van der Waals surface area contributed by atoms with Gasteiger partial charge >= 0.3 is 5.63 Å². The van der Waals surface area contributed by atoms with Crippen LogP contribution in [0.5, 0.6) is 0 Å². The van der Waals surface area contributed by atoms with Crippen LogP contribution in [0.25, 0.3) is 21.7 Å². The first kappa shape index (κ1) is 18.7. The molecule has 32 heavy (non-hydrogen) atoms. The second-order valence-electron chi connectivity index (χ2n) is 8.47. The molecular weight excluding hydrogens is 396 g/mol. The van der Waals surface area contributed by atoms with Crippen molar-refractivity contribution in [2.75, 3.05) is 24.3 Å². The molecule has 6 rings (SSSR count). The molecule has 0 spiro atoms. The maximum Gasteiger partial charge on any atom is 0.342 e. The third-order valence-corrected chi connectivity index (χ3v) is 6.40. The zero-order valence-corrected chi connectivity index (χ0v) is 17.9. The highest BCUT2D eigenvalue weighted by Crippen LogP contribution is 2.48. The van der Waals surface area contributed by atoms with Crippen molar-refractivity contribution in [3.05, 3.63) is 112 Å². The van der Waals surface area contributed by atoms with Gasteiger partial charge in [-0.15, -0.1) is 0 Å². The summed E-state index contributed by atoms with van der Waals surface area (Å²) in [5.74, 6) is -0.232. The number of nitrogens with zero attached hydrogens (tertiary/aromatic N) is 1. The third-order valence-electron chi connectivity index (χ3n) is 6.40. The molecular formula is C28H22N2O2. The highest BCUT2D eigenvalue weighted by molar-refractivity contribution is 6.00. The van der Waals surface area contributed by atoms with Crippen molar-refractivity contribution in [3.8, 4) is 0 Å². The summed E-state index contributed by atoms with van der Waals surface area (Å²) in [6.07, 6.45) is 0. The molecule has 1 atom stereocenters. The lowest BCUT2D eigenvalue weighted by molar-refractivity contribution is 0.549. The lowest BCUT2D eigenvalue weighted by atomic mass is 9.79. The summed E-state index contributed by atoms with van der Waals surface area (Å²) < 4.78 is 5.80. The molecule has 0 unspecified atom stereocenters. The quantitative estimate of drug-likeness (QED) is 0.338. The fraction of sp³-hybridized carbons (Fsp3) is 0.107. The van der Waals surface area contributed by atoms with Crippen LogP contribution in [-0.2, 0) is 0 Å². The van der Waals surface area contributed by atoms with Crippen LogP contribution in [0.15, 0.2) is 94.1 Å². The van der Waals surface area contributed by atoms with Crippen molar-refractivity contribution in [1.82, 2.24) is 0 Å². The van der Waals surface area contributed by atoms with Crippen molar-refractivity contribution < 1.29 is 4.42 Å². The minimum Gasteiger partial charge on any atom is -0.422 e. The van der Waals surface area contributed by atoms with Crippen LogP contribution >= 0.6 is 0 Å².